The molecular weight excluding hydrogens is 310 g/mol. The Bertz CT molecular complexity index is 746. The zero-order valence-electron chi connectivity index (χ0n) is 14.7. The first-order valence-corrected chi connectivity index (χ1v) is 9.07. The molecule has 0 aromatic heterocycles. The highest BCUT2D eigenvalue weighted by Crippen LogP contribution is 2.32. The molecule has 1 amide bonds. The molecule has 2 aromatic rings. The van der Waals surface area contributed by atoms with Crippen molar-refractivity contribution in [3.63, 3.8) is 0 Å². The number of amides is 1. The lowest BCUT2D eigenvalue weighted by atomic mass is 10.1. The van der Waals surface area contributed by atoms with E-state index in [-0.39, 0.29) is 11.9 Å². The van der Waals surface area contributed by atoms with Crippen molar-refractivity contribution in [3.8, 4) is 0 Å². The standard InChI is InChI=1S/C21H25N3O/c1-16(25)22-19-11-20-15-24(12-17-7-3-2-4-8-17)21-10-6-5-9-18(21)13-23(20)14-19/h2-10,19-20H,11-15H2,1H3,(H,22,25)/t19-,20-/m0/s1. The average molecular weight is 335 g/mol. The quantitative estimate of drug-likeness (QED) is 0.937. The summed E-state index contributed by atoms with van der Waals surface area (Å²) in [4.78, 5) is 16.5. The molecule has 0 saturated carbocycles. The Balaban J connectivity index is 1.59. The van der Waals surface area contributed by atoms with E-state index < -0.39 is 0 Å². The minimum absolute atomic E-state index is 0.0733. The van der Waals surface area contributed by atoms with Crippen LogP contribution < -0.4 is 10.2 Å². The zero-order chi connectivity index (χ0) is 17.2. The molecule has 0 radical (unpaired) electrons. The summed E-state index contributed by atoms with van der Waals surface area (Å²) in [5.74, 6) is 0.0733. The monoisotopic (exact) mass is 335 g/mol. The Hall–Kier alpha value is -2.33. The summed E-state index contributed by atoms with van der Waals surface area (Å²) < 4.78 is 0. The number of hydrogen-bond donors (Lipinski definition) is 1. The minimum atomic E-state index is 0.0733. The Morgan fingerprint density at radius 1 is 1.08 bits per heavy atom. The van der Waals surface area contributed by atoms with Crippen molar-refractivity contribution in [2.24, 2.45) is 0 Å². The number of benzene rings is 2. The molecule has 0 bridgehead atoms. The lowest BCUT2D eigenvalue weighted by molar-refractivity contribution is -0.119. The van der Waals surface area contributed by atoms with Gasteiger partial charge >= 0.3 is 0 Å². The third-order valence-corrected chi connectivity index (χ3v) is 5.29. The SMILES string of the molecule is CC(=O)N[C@H]1C[C@H]2CN(Cc3ccccc3)c3ccccc3CN2C1. The lowest BCUT2D eigenvalue weighted by Crippen LogP contribution is -2.37. The van der Waals surface area contributed by atoms with Crippen molar-refractivity contribution in [1.29, 1.82) is 0 Å². The average Bonchev–Trinajstić information content (AvgIpc) is 2.89. The normalized spacial score (nSPS) is 22.8. The smallest absolute Gasteiger partial charge is 0.217 e. The van der Waals surface area contributed by atoms with Crippen LogP contribution in [0, 0.1) is 0 Å². The number of hydrogen-bond acceptors (Lipinski definition) is 3. The molecule has 4 nitrogen and oxygen atoms in total. The predicted molar refractivity (Wildman–Crippen MR) is 100 cm³/mol. The maximum atomic E-state index is 11.4. The first-order valence-electron chi connectivity index (χ1n) is 9.07. The number of fused-ring (bicyclic) bond motifs is 2. The number of anilines is 1. The van der Waals surface area contributed by atoms with Crippen LogP contribution >= 0.6 is 0 Å². The van der Waals surface area contributed by atoms with Gasteiger partial charge in [-0.2, -0.15) is 0 Å². The van der Waals surface area contributed by atoms with Gasteiger partial charge in [0.15, 0.2) is 0 Å². The fourth-order valence-electron chi connectivity index (χ4n) is 4.24. The van der Waals surface area contributed by atoms with Gasteiger partial charge in [0.05, 0.1) is 0 Å². The second-order valence-electron chi connectivity index (χ2n) is 7.21. The molecule has 2 aliphatic rings. The summed E-state index contributed by atoms with van der Waals surface area (Å²) in [5, 5.41) is 3.11. The van der Waals surface area contributed by atoms with Crippen LogP contribution in [0.25, 0.3) is 0 Å². The van der Waals surface area contributed by atoms with Crippen LogP contribution in [0.2, 0.25) is 0 Å². The van der Waals surface area contributed by atoms with Crippen molar-refractivity contribution in [2.45, 2.75) is 38.5 Å². The van der Waals surface area contributed by atoms with E-state index in [1.54, 1.807) is 6.92 Å². The van der Waals surface area contributed by atoms with E-state index in [0.29, 0.717) is 6.04 Å². The summed E-state index contributed by atoms with van der Waals surface area (Å²) >= 11 is 0. The highest BCUT2D eigenvalue weighted by atomic mass is 16.1. The molecule has 130 valence electrons. The van der Waals surface area contributed by atoms with Gasteiger partial charge in [-0.15, -0.1) is 0 Å². The van der Waals surface area contributed by atoms with Crippen molar-refractivity contribution in [3.05, 3.63) is 65.7 Å². The highest BCUT2D eigenvalue weighted by molar-refractivity contribution is 5.73. The largest absolute Gasteiger partial charge is 0.365 e. The van der Waals surface area contributed by atoms with E-state index in [4.69, 9.17) is 0 Å². The van der Waals surface area contributed by atoms with Crippen molar-refractivity contribution >= 4 is 11.6 Å². The number of para-hydroxylation sites is 1. The molecule has 2 heterocycles. The van der Waals surface area contributed by atoms with Crippen LogP contribution in [0.15, 0.2) is 54.6 Å². The molecule has 2 atom stereocenters. The fourth-order valence-corrected chi connectivity index (χ4v) is 4.24. The van der Waals surface area contributed by atoms with E-state index in [0.717, 1.165) is 32.6 Å². The molecule has 25 heavy (non-hydrogen) atoms. The highest BCUT2D eigenvalue weighted by Gasteiger charge is 2.36. The molecule has 0 aliphatic carbocycles. The van der Waals surface area contributed by atoms with E-state index in [1.807, 2.05) is 0 Å². The van der Waals surface area contributed by atoms with Crippen molar-refractivity contribution in [1.82, 2.24) is 10.2 Å². The minimum Gasteiger partial charge on any atom is -0.365 e. The van der Waals surface area contributed by atoms with E-state index in [2.05, 4.69) is 69.7 Å². The molecule has 1 N–H and O–H groups in total. The molecule has 4 heteroatoms. The van der Waals surface area contributed by atoms with Gasteiger partial charge in [-0.05, 0) is 23.6 Å². The lowest BCUT2D eigenvalue weighted by Gasteiger charge is -2.28. The van der Waals surface area contributed by atoms with Gasteiger partial charge in [0.1, 0.15) is 0 Å². The first kappa shape index (κ1) is 16.2. The first-order chi connectivity index (χ1) is 12.2. The Morgan fingerprint density at radius 2 is 1.84 bits per heavy atom. The Kier molecular flexibility index (Phi) is 4.45. The van der Waals surface area contributed by atoms with Gasteiger partial charge < -0.3 is 10.2 Å². The summed E-state index contributed by atoms with van der Waals surface area (Å²) in [6.07, 6.45) is 1.03. The molecule has 2 aliphatic heterocycles. The van der Waals surface area contributed by atoms with Gasteiger partial charge in [-0.25, -0.2) is 0 Å². The third-order valence-electron chi connectivity index (χ3n) is 5.29. The molecule has 0 unspecified atom stereocenters. The summed E-state index contributed by atoms with van der Waals surface area (Å²) in [5.41, 5.74) is 4.06. The van der Waals surface area contributed by atoms with E-state index in [1.165, 1.54) is 16.8 Å². The molecule has 2 aromatic carbocycles. The topological polar surface area (TPSA) is 35.6 Å². The predicted octanol–water partition coefficient (Wildman–Crippen LogP) is 2.79. The fraction of sp³-hybridized carbons (Fsp3) is 0.381. The number of nitrogens with one attached hydrogen (secondary N) is 1. The maximum Gasteiger partial charge on any atom is 0.217 e. The molecule has 1 saturated heterocycles. The van der Waals surface area contributed by atoms with Crippen molar-refractivity contribution in [2.75, 3.05) is 18.0 Å². The maximum absolute atomic E-state index is 11.4. The summed E-state index contributed by atoms with van der Waals surface area (Å²) in [6, 6.07) is 20.2. The van der Waals surface area contributed by atoms with Gasteiger partial charge in [-0.1, -0.05) is 48.5 Å². The van der Waals surface area contributed by atoms with Gasteiger partial charge in [0, 0.05) is 50.9 Å². The van der Waals surface area contributed by atoms with Crippen LogP contribution in [-0.2, 0) is 17.9 Å². The molecule has 4 rings (SSSR count). The van der Waals surface area contributed by atoms with Gasteiger partial charge in [0.2, 0.25) is 5.91 Å². The van der Waals surface area contributed by atoms with Gasteiger partial charge in [-0.3, -0.25) is 9.69 Å². The number of rotatable bonds is 3. The number of carbonyl (C=O) groups excluding carboxylic acids is 1. The molecule has 1 fully saturated rings. The second-order valence-corrected chi connectivity index (χ2v) is 7.21. The zero-order valence-corrected chi connectivity index (χ0v) is 14.7. The summed E-state index contributed by atoms with van der Waals surface area (Å²) in [6.45, 7) is 5.44. The van der Waals surface area contributed by atoms with Crippen molar-refractivity contribution < 1.29 is 4.79 Å². The van der Waals surface area contributed by atoms with Crippen LogP contribution in [0.3, 0.4) is 0 Å². The number of carbonyl (C=O) groups is 1. The Labute approximate surface area is 149 Å². The summed E-state index contributed by atoms with van der Waals surface area (Å²) in [7, 11) is 0. The number of nitrogens with zero attached hydrogens (tertiary/aromatic N) is 2. The van der Waals surface area contributed by atoms with E-state index >= 15 is 0 Å². The third kappa shape index (κ3) is 3.54. The van der Waals surface area contributed by atoms with Gasteiger partial charge in [0.25, 0.3) is 0 Å². The molecule has 0 spiro atoms. The Morgan fingerprint density at radius 3 is 2.64 bits per heavy atom. The van der Waals surface area contributed by atoms with Crippen LogP contribution in [-0.4, -0.2) is 36.0 Å². The van der Waals surface area contributed by atoms with Crippen LogP contribution in [0.4, 0.5) is 5.69 Å². The van der Waals surface area contributed by atoms with Crippen LogP contribution in [0.5, 0.6) is 0 Å². The second kappa shape index (κ2) is 6.89. The van der Waals surface area contributed by atoms with E-state index in [9.17, 15) is 4.79 Å². The van der Waals surface area contributed by atoms with Crippen LogP contribution in [0.1, 0.15) is 24.5 Å². The molecular formula is C21H25N3O.